The van der Waals surface area contributed by atoms with Gasteiger partial charge in [0.2, 0.25) is 0 Å². The molecule has 2 aliphatic heterocycles. The Hall–Kier alpha value is -0.930. The maximum Gasteiger partial charge on any atom is 0.337 e. The minimum atomic E-state index is -1.12. The predicted octanol–water partition coefficient (Wildman–Crippen LogP) is -0.680. The van der Waals surface area contributed by atoms with Gasteiger partial charge in [0.15, 0.2) is 25.0 Å². The first kappa shape index (κ1) is 26.3. The quantitative estimate of drug-likeness (QED) is 0.389. The van der Waals surface area contributed by atoms with Gasteiger partial charge < -0.3 is 52.1 Å². The molecule has 0 aromatic carbocycles. The molecular formula is C19H34O12. The Morgan fingerprint density at radius 1 is 0.516 bits per heavy atom. The molecule has 0 aromatic rings. The second-order valence-electron chi connectivity index (χ2n) is 6.89. The molecule has 2 fully saturated rings. The summed E-state index contributed by atoms with van der Waals surface area (Å²) in [5.41, 5.74) is 0. The van der Waals surface area contributed by atoms with Gasteiger partial charge in [0.1, 0.15) is 36.6 Å². The van der Waals surface area contributed by atoms with E-state index in [0.29, 0.717) is 0 Å². The molecule has 31 heavy (non-hydrogen) atoms. The van der Waals surface area contributed by atoms with E-state index in [1.54, 1.807) is 0 Å². The van der Waals surface area contributed by atoms with Crippen LogP contribution >= 0.6 is 0 Å². The van der Waals surface area contributed by atoms with Gasteiger partial charge in [0.05, 0.1) is 7.11 Å². The number of hydrogen-bond donors (Lipinski definition) is 0. The normalized spacial score (nSPS) is 41.2. The Bertz CT molecular complexity index is 548. The summed E-state index contributed by atoms with van der Waals surface area (Å²) in [6.07, 6.45) is -8.20. The molecule has 0 radical (unpaired) electrons. The number of esters is 1. The summed E-state index contributed by atoms with van der Waals surface area (Å²) in [6.45, 7) is 0. The molecule has 0 bridgehead atoms. The van der Waals surface area contributed by atoms with Gasteiger partial charge in [-0.3, -0.25) is 0 Å². The van der Waals surface area contributed by atoms with Gasteiger partial charge in [-0.15, -0.1) is 0 Å². The van der Waals surface area contributed by atoms with Gasteiger partial charge in [-0.05, 0) is 0 Å². The van der Waals surface area contributed by atoms with Crippen LogP contribution in [0.3, 0.4) is 0 Å². The molecule has 0 aliphatic carbocycles. The lowest BCUT2D eigenvalue weighted by atomic mass is 9.97. The van der Waals surface area contributed by atoms with Crippen molar-refractivity contribution >= 4 is 5.97 Å². The molecule has 0 aromatic heterocycles. The molecule has 12 nitrogen and oxygen atoms in total. The second-order valence-corrected chi connectivity index (χ2v) is 6.89. The Morgan fingerprint density at radius 3 is 1.42 bits per heavy atom. The lowest BCUT2D eigenvalue weighted by Crippen LogP contribution is -2.66. The van der Waals surface area contributed by atoms with Crippen LogP contribution < -0.4 is 0 Å². The average molecular weight is 454 g/mol. The van der Waals surface area contributed by atoms with E-state index in [1.165, 1.54) is 56.9 Å². The standard InChI is InChI=1S/C19H34O12/c1-21-9-10(22-2)14(25-5)19(29-12(9)16(20)26-6)30-15-11(23-3)13(24-4)17(27-7)31-18(15)28-8/h9-15,17-19H,1-8H3. The monoisotopic (exact) mass is 454 g/mol. The molecule has 182 valence electrons. The highest BCUT2D eigenvalue weighted by Crippen LogP contribution is 2.34. The molecule has 10 unspecified atom stereocenters. The predicted molar refractivity (Wildman–Crippen MR) is 102 cm³/mol. The summed E-state index contributed by atoms with van der Waals surface area (Å²) < 4.78 is 61.4. The van der Waals surface area contributed by atoms with Crippen molar-refractivity contribution in [2.45, 2.75) is 61.6 Å². The van der Waals surface area contributed by atoms with Crippen LogP contribution in [-0.4, -0.2) is 124 Å². The third-order valence-corrected chi connectivity index (χ3v) is 5.50. The third-order valence-electron chi connectivity index (χ3n) is 5.50. The molecule has 0 spiro atoms. The zero-order chi connectivity index (χ0) is 23.1. The van der Waals surface area contributed by atoms with Gasteiger partial charge in [-0.25, -0.2) is 4.79 Å². The van der Waals surface area contributed by atoms with E-state index in [1.807, 2.05) is 0 Å². The van der Waals surface area contributed by atoms with E-state index in [4.69, 9.17) is 52.1 Å². The van der Waals surface area contributed by atoms with Crippen molar-refractivity contribution in [3.63, 3.8) is 0 Å². The third kappa shape index (κ3) is 5.36. The molecular weight excluding hydrogens is 420 g/mol. The first-order valence-corrected chi connectivity index (χ1v) is 9.69. The molecule has 2 saturated heterocycles. The lowest BCUT2D eigenvalue weighted by molar-refractivity contribution is -0.387. The van der Waals surface area contributed by atoms with Crippen LogP contribution in [0.5, 0.6) is 0 Å². The van der Waals surface area contributed by atoms with Gasteiger partial charge in [-0.1, -0.05) is 0 Å². The van der Waals surface area contributed by atoms with Crippen LogP contribution in [0.1, 0.15) is 0 Å². The highest BCUT2D eigenvalue weighted by Gasteiger charge is 2.55. The summed E-state index contributed by atoms with van der Waals surface area (Å²) in [4.78, 5) is 12.4. The van der Waals surface area contributed by atoms with E-state index in [0.717, 1.165) is 0 Å². The summed E-state index contributed by atoms with van der Waals surface area (Å²) >= 11 is 0. The lowest BCUT2D eigenvalue weighted by Gasteiger charge is -2.48. The van der Waals surface area contributed by atoms with Gasteiger partial charge in [0, 0.05) is 49.8 Å². The number of carbonyl (C=O) groups is 1. The molecule has 0 N–H and O–H groups in total. The number of carbonyl (C=O) groups excluding carboxylic acids is 1. The SMILES string of the molecule is COC(=O)C1OC(OC2C(OC)OC(OC)C(OC)C2OC)C(OC)C(OC)C1OC. The van der Waals surface area contributed by atoms with Crippen molar-refractivity contribution in [3.05, 3.63) is 0 Å². The maximum absolute atomic E-state index is 12.4. The highest BCUT2D eigenvalue weighted by molar-refractivity contribution is 5.75. The highest BCUT2D eigenvalue weighted by atomic mass is 16.8. The Morgan fingerprint density at radius 2 is 0.968 bits per heavy atom. The van der Waals surface area contributed by atoms with Crippen LogP contribution in [0.2, 0.25) is 0 Å². The number of hydrogen-bond acceptors (Lipinski definition) is 12. The van der Waals surface area contributed by atoms with Crippen molar-refractivity contribution in [2.75, 3.05) is 56.9 Å². The summed E-state index contributed by atoms with van der Waals surface area (Å²) in [6, 6.07) is 0. The fourth-order valence-corrected chi connectivity index (χ4v) is 3.97. The smallest absolute Gasteiger partial charge is 0.337 e. The van der Waals surface area contributed by atoms with Gasteiger partial charge >= 0.3 is 5.97 Å². The average Bonchev–Trinajstić information content (AvgIpc) is 2.81. The molecule has 0 amide bonds. The number of methoxy groups -OCH3 is 8. The fraction of sp³-hybridized carbons (Fsp3) is 0.947. The largest absolute Gasteiger partial charge is 0.467 e. The van der Waals surface area contributed by atoms with Crippen molar-refractivity contribution in [3.8, 4) is 0 Å². The Balaban J connectivity index is 2.35. The van der Waals surface area contributed by atoms with Crippen LogP contribution in [0.4, 0.5) is 0 Å². The van der Waals surface area contributed by atoms with Crippen LogP contribution in [-0.2, 0) is 56.9 Å². The molecule has 2 heterocycles. The molecule has 10 atom stereocenters. The van der Waals surface area contributed by atoms with E-state index in [9.17, 15) is 4.79 Å². The van der Waals surface area contributed by atoms with Crippen LogP contribution in [0.25, 0.3) is 0 Å². The topological polar surface area (TPSA) is 119 Å². The Labute approximate surface area is 182 Å². The van der Waals surface area contributed by atoms with Crippen molar-refractivity contribution in [1.82, 2.24) is 0 Å². The number of rotatable bonds is 10. The molecule has 2 aliphatic rings. The first-order valence-electron chi connectivity index (χ1n) is 9.69. The van der Waals surface area contributed by atoms with Crippen LogP contribution in [0.15, 0.2) is 0 Å². The molecule has 12 heteroatoms. The van der Waals surface area contributed by atoms with Crippen molar-refractivity contribution < 1.29 is 56.9 Å². The minimum Gasteiger partial charge on any atom is -0.467 e. The number of ether oxygens (including phenoxy) is 11. The van der Waals surface area contributed by atoms with Crippen molar-refractivity contribution in [2.24, 2.45) is 0 Å². The van der Waals surface area contributed by atoms with E-state index < -0.39 is 67.6 Å². The van der Waals surface area contributed by atoms with E-state index >= 15 is 0 Å². The van der Waals surface area contributed by atoms with E-state index in [2.05, 4.69) is 0 Å². The first-order chi connectivity index (χ1) is 14.9. The summed E-state index contributed by atoms with van der Waals surface area (Å²) in [5, 5.41) is 0. The summed E-state index contributed by atoms with van der Waals surface area (Å²) in [5.74, 6) is -0.641. The zero-order valence-electron chi connectivity index (χ0n) is 19.2. The molecule has 0 saturated carbocycles. The maximum atomic E-state index is 12.4. The van der Waals surface area contributed by atoms with Crippen LogP contribution in [0, 0.1) is 0 Å². The Kier molecular flexibility index (Phi) is 10.5. The van der Waals surface area contributed by atoms with Crippen molar-refractivity contribution in [1.29, 1.82) is 0 Å². The zero-order valence-corrected chi connectivity index (χ0v) is 19.2. The van der Waals surface area contributed by atoms with E-state index in [-0.39, 0.29) is 0 Å². The summed E-state index contributed by atoms with van der Waals surface area (Å²) in [7, 11) is 11.6. The van der Waals surface area contributed by atoms with Gasteiger partial charge in [-0.2, -0.15) is 0 Å². The van der Waals surface area contributed by atoms with Gasteiger partial charge in [0.25, 0.3) is 0 Å². The fourth-order valence-electron chi connectivity index (χ4n) is 3.97. The minimum absolute atomic E-state index is 0.627. The molecule has 2 rings (SSSR count). The second kappa shape index (κ2) is 12.3.